The van der Waals surface area contributed by atoms with E-state index in [0.717, 1.165) is 13.0 Å². The Bertz CT molecular complexity index is 270. The standard InChI is InChI=1S/C10H18N2O4/c1-12-4-3-7(5-12)9(14)11-8(6-13)10(15)16-2/h7-8,13H,3-6H2,1-2H3,(H,11,14). The summed E-state index contributed by atoms with van der Waals surface area (Å²) in [6.07, 6.45) is 0.779. The molecule has 1 heterocycles. The normalized spacial score (nSPS) is 22.8. The minimum Gasteiger partial charge on any atom is -0.467 e. The fourth-order valence-corrected chi connectivity index (χ4v) is 1.76. The molecule has 1 aliphatic heterocycles. The number of nitrogens with one attached hydrogen (secondary N) is 1. The van der Waals surface area contributed by atoms with Gasteiger partial charge in [-0.1, -0.05) is 0 Å². The minimum absolute atomic E-state index is 0.108. The molecule has 2 unspecified atom stereocenters. The summed E-state index contributed by atoms with van der Waals surface area (Å²) in [5, 5.41) is 11.4. The highest BCUT2D eigenvalue weighted by atomic mass is 16.5. The van der Waals surface area contributed by atoms with E-state index in [2.05, 4.69) is 15.0 Å². The van der Waals surface area contributed by atoms with Crippen molar-refractivity contribution in [3.63, 3.8) is 0 Å². The number of carbonyl (C=O) groups excluding carboxylic acids is 2. The summed E-state index contributed by atoms with van der Waals surface area (Å²) in [5.41, 5.74) is 0. The van der Waals surface area contributed by atoms with Gasteiger partial charge in [-0.25, -0.2) is 4.79 Å². The van der Waals surface area contributed by atoms with Crippen LogP contribution in [0.15, 0.2) is 0 Å². The van der Waals surface area contributed by atoms with Crippen LogP contribution >= 0.6 is 0 Å². The highest BCUT2D eigenvalue weighted by Gasteiger charge is 2.29. The number of methoxy groups -OCH3 is 1. The topological polar surface area (TPSA) is 78.9 Å². The van der Waals surface area contributed by atoms with E-state index in [1.165, 1.54) is 7.11 Å². The lowest BCUT2D eigenvalue weighted by Gasteiger charge is -2.16. The maximum Gasteiger partial charge on any atom is 0.330 e. The third kappa shape index (κ3) is 3.18. The number of hydrogen-bond acceptors (Lipinski definition) is 5. The molecule has 1 fully saturated rings. The molecule has 16 heavy (non-hydrogen) atoms. The lowest BCUT2D eigenvalue weighted by atomic mass is 10.1. The Morgan fingerprint density at radius 1 is 1.62 bits per heavy atom. The molecular formula is C10H18N2O4. The van der Waals surface area contributed by atoms with Gasteiger partial charge < -0.3 is 20.1 Å². The van der Waals surface area contributed by atoms with E-state index >= 15 is 0 Å². The fourth-order valence-electron chi connectivity index (χ4n) is 1.76. The van der Waals surface area contributed by atoms with Crippen LogP contribution in [0.2, 0.25) is 0 Å². The second-order valence-corrected chi connectivity index (χ2v) is 4.01. The van der Waals surface area contributed by atoms with Gasteiger partial charge in [-0.2, -0.15) is 0 Å². The van der Waals surface area contributed by atoms with Crippen molar-refractivity contribution in [3.05, 3.63) is 0 Å². The predicted molar refractivity (Wildman–Crippen MR) is 56.6 cm³/mol. The van der Waals surface area contributed by atoms with E-state index in [4.69, 9.17) is 5.11 Å². The third-order valence-corrected chi connectivity index (χ3v) is 2.75. The summed E-state index contributed by atoms with van der Waals surface area (Å²) >= 11 is 0. The molecule has 92 valence electrons. The van der Waals surface area contributed by atoms with E-state index in [0.29, 0.717) is 6.54 Å². The Kier molecular flexibility index (Phi) is 4.70. The van der Waals surface area contributed by atoms with Crippen LogP contribution in [0.1, 0.15) is 6.42 Å². The fraction of sp³-hybridized carbons (Fsp3) is 0.800. The molecule has 2 atom stereocenters. The van der Waals surface area contributed by atoms with Gasteiger partial charge in [0.15, 0.2) is 6.04 Å². The Morgan fingerprint density at radius 3 is 2.75 bits per heavy atom. The molecule has 0 saturated carbocycles. The zero-order valence-electron chi connectivity index (χ0n) is 9.60. The highest BCUT2D eigenvalue weighted by molar-refractivity contribution is 5.86. The summed E-state index contributed by atoms with van der Waals surface area (Å²) in [6.45, 7) is 1.12. The average Bonchev–Trinajstić information content (AvgIpc) is 2.71. The third-order valence-electron chi connectivity index (χ3n) is 2.75. The van der Waals surface area contributed by atoms with Gasteiger partial charge in [-0.05, 0) is 20.0 Å². The van der Waals surface area contributed by atoms with Crippen LogP contribution in [0, 0.1) is 5.92 Å². The maximum absolute atomic E-state index is 11.7. The number of aliphatic hydroxyl groups excluding tert-OH is 1. The smallest absolute Gasteiger partial charge is 0.330 e. The van der Waals surface area contributed by atoms with E-state index in [-0.39, 0.29) is 11.8 Å². The van der Waals surface area contributed by atoms with Crippen molar-refractivity contribution in [2.75, 3.05) is 33.9 Å². The number of carbonyl (C=O) groups is 2. The van der Waals surface area contributed by atoms with Crippen molar-refractivity contribution in [1.82, 2.24) is 10.2 Å². The van der Waals surface area contributed by atoms with Gasteiger partial charge >= 0.3 is 5.97 Å². The zero-order valence-corrected chi connectivity index (χ0v) is 9.60. The number of ether oxygens (including phenoxy) is 1. The van der Waals surface area contributed by atoms with Crippen molar-refractivity contribution < 1.29 is 19.4 Å². The van der Waals surface area contributed by atoms with Crippen molar-refractivity contribution >= 4 is 11.9 Å². The number of aliphatic hydroxyl groups is 1. The van der Waals surface area contributed by atoms with Gasteiger partial charge in [-0.15, -0.1) is 0 Å². The molecule has 2 N–H and O–H groups in total. The molecule has 0 spiro atoms. The van der Waals surface area contributed by atoms with Crippen LogP contribution in [-0.2, 0) is 14.3 Å². The molecule has 0 bridgehead atoms. The Hall–Kier alpha value is -1.14. The van der Waals surface area contributed by atoms with E-state index in [1.807, 2.05) is 7.05 Å². The van der Waals surface area contributed by atoms with Crippen molar-refractivity contribution in [2.24, 2.45) is 5.92 Å². The van der Waals surface area contributed by atoms with Crippen LogP contribution in [0.4, 0.5) is 0 Å². The quantitative estimate of drug-likeness (QED) is 0.580. The van der Waals surface area contributed by atoms with Crippen LogP contribution in [0.5, 0.6) is 0 Å². The van der Waals surface area contributed by atoms with E-state index in [9.17, 15) is 9.59 Å². The largest absolute Gasteiger partial charge is 0.467 e. The molecule has 0 aromatic carbocycles. The van der Waals surface area contributed by atoms with Gasteiger partial charge in [0.2, 0.25) is 5.91 Å². The Morgan fingerprint density at radius 2 is 2.31 bits per heavy atom. The first-order valence-corrected chi connectivity index (χ1v) is 5.26. The maximum atomic E-state index is 11.7. The molecule has 1 rings (SSSR count). The second kappa shape index (κ2) is 5.81. The molecule has 0 aromatic heterocycles. The van der Waals surface area contributed by atoms with Crippen LogP contribution in [-0.4, -0.2) is 61.8 Å². The monoisotopic (exact) mass is 230 g/mol. The SMILES string of the molecule is COC(=O)C(CO)NC(=O)C1CCN(C)C1. The minimum atomic E-state index is -0.955. The number of esters is 1. The van der Waals surface area contributed by atoms with Crippen molar-refractivity contribution in [3.8, 4) is 0 Å². The molecule has 1 saturated heterocycles. The predicted octanol–water partition coefficient (Wildman–Crippen LogP) is -1.41. The summed E-state index contributed by atoms with van der Waals surface area (Å²) < 4.78 is 4.46. The molecule has 6 heteroatoms. The Balaban J connectivity index is 2.46. The van der Waals surface area contributed by atoms with Crippen molar-refractivity contribution in [1.29, 1.82) is 0 Å². The van der Waals surface area contributed by atoms with Gasteiger partial charge in [0.25, 0.3) is 0 Å². The lowest BCUT2D eigenvalue weighted by Crippen LogP contribution is -2.46. The number of nitrogens with zero attached hydrogens (tertiary/aromatic N) is 1. The molecule has 0 aromatic rings. The van der Waals surface area contributed by atoms with Crippen LogP contribution in [0.25, 0.3) is 0 Å². The van der Waals surface area contributed by atoms with Gasteiger partial charge in [0.05, 0.1) is 19.6 Å². The molecule has 1 aliphatic rings. The molecule has 1 amide bonds. The summed E-state index contributed by atoms with van der Waals surface area (Å²) in [4.78, 5) is 24.9. The molecule has 0 aliphatic carbocycles. The molecule has 6 nitrogen and oxygen atoms in total. The molecule has 0 radical (unpaired) electrons. The van der Waals surface area contributed by atoms with Crippen LogP contribution < -0.4 is 5.32 Å². The highest BCUT2D eigenvalue weighted by Crippen LogP contribution is 2.14. The van der Waals surface area contributed by atoms with Crippen LogP contribution in [0.3, 0.4) is 0 Å². The first-order valence-electron chi connectivity index (χ1n) is 5.26. The molecular weight excluding hydrogens is 212 g/mol. The first-order chi connectivity index (χ1) is 7.58. The first kappa shape index (κ1) is 12.9. The number of likely N-dealkylation sites (tertiary alicyclic amines) is 1. The van der Waals surface area contributed by atoms with Gasteiger partial charge in [0.1, 0.15) is 0 Å². The summed E-state index contributed by atoms with van der Waals surface area (Å²) in [5.74, 6) is -0.931. The van der Waals surface area contributed by atoms with Gasteiger partial charge in [-0.3, -0.25) is 4.79 Å². The van der Waals surface area contributed by atoms with E-state index < -0.39 is 18.6 Å². The second-order valence-electron chi connectivity index (χ2n) is 4.01. The number of hydrogen-bond donors (Lipinski definition) is 2. The summed E-state index contributed by atoms with van der Waals surface area (Å²) in [7, 11) is 3.16. The van der Waals surface area contributed by atoms with E-state index in [1.54, 1.807) is 0 Å². The average molecular weight is 230 g/mol. The summed E-state index contributed by atoms with van der Waals surface area (Å²) in [6, 6.07) is -0.955. The Labute approximate surface area is 94.6 Å². The zero-order chi connectivity index (χ0) is 12.1. The number of amides is 1. The number of rotatable bonds is 4. The van der Waals surface area contributed by atoms with Gasteiger partial charge in [0, 0.05) is 6.54 Å². The lowest BCUT2D eigenvalue weighted by molar-refractivity contribution is -0.146. The van der Waals surface area contributed by atoms with Crippen molar-refractivity contribution in [2.45, 2.75) is 12.5 Å².